The lowest BCUT2D eigenvalue weighted by Gasteiger charge is -2.41. The first-order valence-electron chi connectivity index (χ1n) is 29.5. The SMILES string of the molecule is [2H]C([2H])([2H])C([2H])([2H])C([2H])([2H])C([2H])([2H])[C@H](CC(=O)[C@@H]1[C@@H]2[C@H](CN1C(=O)[C@@H](NC(=O)NC1(CS(=O)(=O)C(C)(C)C)C([2H])([2H])C([2H])([2H])C([2H])([2H])C([2H])([2H])C1([2H])[2H])C(C([2H])([2H])[2H])(C([2H])([2H])[2H])C([2H])([2H])[2H])C2(C)C)C(=O)C(=O)NC1CC1. The van der Waals surface area contributed by atoms with Crippen LogP contribution in [0.1, 0.15) is 171 Å². The van der Waals surface area contributed by atoms with Crippen molar-refractivity contribution in [3.05, 3.63) is 0 Å². The summed E-state index contributed by atoms with van der Waals surface area (Å²) in [6, 6.07) is -9.11. The Morgan fingerprint density at radius 1 is 1.04 bits per heavy atom. The van der Waals surface area contributed by atoms with E-state index in [1.165, 1.54) is 24.5 Å². The van der Waals surface area contributed by atoms with E-state index < -0.39 is 193 Å². The molecular weight excluding hydrogens is 644 g/mol. The van der Waals surface area contributed by atoms with Crippen LogP contribution >= 0.6 is 0 Å². The molecule has 1 aliphatic heterocycles. The predicted octanol–water partition coefficient (Wildman–Crippen LogP) is 4.71. The van der Waals surface area contributed by atoms with Gasteiger partial charge in [-0.2, -0.15) is 0 Å². The Balaban J connectivity index is 2.06. The summed E-state index contributed by atoms with van der Waals surface area (Å²) in [5, 5.41) is 5.10. The zero-order valence-electron chi connectivity index (χ0n) is 55.7. The molecule has 12 heteroatoms. The number of piperidine rings is 1. The number of fused-ring (bicyclic) bond motifs is 1. The number of hydrogen-bond acceptors (Lipinski definition) is 7. The van der Waals surface area contributed by atoms with Crippen molar-refractivity contribution in [1.29, 1.82) is 0 Å². The lowest BCUT2D eigenvalue weighted by atomic mass is 9.83. The Morgan fingerprint density at radius 2 is 1.69 bits per heavy atom. The number of carbonyl (C=O) groups excluding carboxylic acids is 5. The van der Waals surface area contributed by atoms with E-state index in [0.717, 1.165) is 20.8 Å². The van der Waals surface area contributed by atoms with Gasteiger partial charge in [0.15, 0.2) is 15.6 Å². The number of likely N-dealkylation sites (tertiary alicyclic amines) is 1. The zero-order valence-corrected chi connectivity index (χ0v) is 28.5. The molecule has 4 fully saturated rings. The third-order valence-electron chi connectivity index (χ3n) is 9.29. The van der Waals surface area contributed by atoms with Crippen molar-refractivity contribution in [2.45, 2.75) is 161 Å². The van der Waals surface area contributed by atoms with E-state index in [1.807, 2.05) is 0 Å². The minimum atomic E-state index is -5.24. The molecule has 0 aromatic carbocycles. The molecule has 1 heterocycles. The van der Waals surface area contributed by atoms with Gasteiger partial charge in [0.05, 0.1) is 22.1 Å². The fraction of sp³-hybridized carbons (Fsp3) is 0.865. The number of hydrogen-bond donors (Lipinski definition) is 3. The number of rotatable bonds is 14. The molecule has 0 aromatic heterocycles. The maximum atomic E-state index is 15.5. The molecule has 11 nitrogen and oxygen atoms in total. The third-order valence-corrected chi connectivity index (χ3v) is 12.0. The highest BCUT2D eigenvalue weighted by Crippen LogP contribution is 2.65. The van der Waals surface area contributed by atoms with Gasteiger partial charge in [-0.05, 0) is 75.4 Å². The number of amides is 4. The van der Waals surface area contributed by atoms with Crippen LogP contribution in [0.25, 0.3) is 0 Å². The van der Waals surface area contributed by atoms with Gasteiger partial charge in [-0.25, -0.2) is 13.2 Å². The van der Waals surface area contributed by atoms with Gasteiger partial charge >= 0.3 is 6.03 Å². The summed E-state index contributed by atoms with van der Waals surface area (Å²) >= 11 is 0. The van der Waals surface area contributed by atoms with Crippen molar-refractivity contribution < 1.29 is 70.8 Å². The molecule has 3 saturated carbocycles. The summed E-state index contributed by atoms with van der Waals surface area (Å²) in [7, 11) is -5.24. The van der Waals surface area contributed by atoms with E-state index in [9.17, 15) is 27.6 Å². The summed E-state index contributed by atoms with van der Waals surface area (Å²) in [5.41, 5.74) is -10.0. The fourth-order valence-electron chi connectivity index (χ4n) is 6.07. The van der Waals surface area contributed by atoms with E-state index in [4.69, 9.17) is 38.4 Å². The molecule has 49 heavy (non-hydrogen) atoms. The molecule has 0 bridgehead atoms. The van der Waals surface area contributed by atoms with E-state index in [1.54, 1.807) is 0 Å². The summed E-state index contributed by atoms with van der Waals surface area (Å²) in [6.07, 6.45) is -35.8. The number of carbonyl (C=O) groups is 5. The molecule has 5 atom stereocenters. The predicted molar refractivity (Wildman–Crippen MR) is 189 cm³/mol. The van der Waals surface area contributed by atoms with Gasteiger partial charge in [0.1, 0.15) is 6.04 Å². The van der Waals surface area contributed by atoms with Gasteiger partial charge in [-0.15, -0.1) is 0 Å². The fourth-order valence-corrected chi connectivity index (χ4v) is 7.29. The van der Waals surface area contributed by atoms with Crippen molar-refractivity contribution in [2.75, 3.05) is 12.3 Å². The largest absolute Gasteiger partial charge is 0.347 e. The normalized spacial score (nSPS) is 41.3. The minimum Gasteiger partial charge on any atom is -0.347 e. The number of nitrogens with zero attached hydrogens (tertiary/aromatic N) is 1. The average molecular weight is 735 g/mol. The van der Waals surface area contributed by atoms with Crippen LogP contribution in [0.5, 0.6) is 0 Å². The lowest BCUT2D eigenvalue weighted by Crippen LogP contribution is -2.63. The van der Waals surface area contributed by atoms with Crippen molar-refractivity contribution in [3.63, 3.8) is 0 Å². The Bertz CT molecular complexity index is 2440. The lowest BCUT2D eigenvalue weighted by molar-refractivity contribution is -0.145. The van der Waals surface area contributed by atoms with Crippen LogP contribution in [0.4, 0.5) is 4.79 Å². The second-order valence-electron chi connectivity index (χ2n) is 14.4. The Morgan fingerprint density at radius 3 is 2.27 bits per heavy atom. The van der Waals surface area contributed by atoms with Crippen LogP contribution in [-0.4, -0.2) is 83.4 Å². The molecule has 278 valence electrons. The van der Waals surface area contributed by atoms with Gasteiger partial charge in [0.25, 0.3) is 5.91 Å². The number of urea groups is 1. The highest BCUT2D eigenvalue weighted by molar-refractivity contribution is 7.92. The van der Waals surface area contributed by atoms with Crippen molar-refractivity contribution in [1.82, 2.24) is 20.9 Å². The van der Waals surface area contributed by atoms with Crippen LogP contribution < -0.4 is 16.0 Å². The quantitative estimate of drug-likeness (QED) is 0.218. The Labute approximate surface area is 333 Å². The van der Waals surface area contributed by atoms with Gasteiger partial charge in [-0.3, -0.25) is 19.2 Å². The maximum absolute atomic E-state index is 15.5. The second kappa shape index (κ2) is 14.3. The van der Waals surface area contributed by atoms with Crippen molar-refractivity contribution >= 4 is 39.2 Å². The van der Waals surface area contributed by atoms with Gasteiger partial charge in [0, 0.05) is 63.3 Å². The summed E-state index contributed by atoms with van der Waals surface area (Å²) in [4.78, 5) is 72.8. The maximum Gasteiger partial charge on any atom is 0.315 e. The first-order valence-corrected chi connectivity index (χ1v) is 17.2. The van der Waals surface area contributed by atoms with Crippen LogP contribution in [0.15, 0.2) is 0 Å². The number of nitrogens with one attached hydrogen (secondary N) is 3. The van der Waals surface area contributed by atoms with E-state index in [2.05, 4.69) is 5.32 Å². The molecule has 3 N–H and O–H groups in total. The van der Waals surface area contributed by atoms with Gasteiger partial charge in [0.2, 0.25) is 11.7 Å². The van der Waals surface area contributed by atoms with E-state index >= 15 is 4.79 Å². The van der Waals surface area contributed by atoms with Crippen LogP contribution in [0.2, 0.25) is 0 Å². The average Bonchev–Trinajstić information content (AvgIpc) is 4.05. The summed E-state index contributed by atoms with van der Waals surface area (Å²) in [5.74, 6) is -14.7. The zero-order chi connectivity index (χ0) is 61.1. The van der Waals surface area contributed by atoms with Crippen LogP contribution in [0.3, 0.4) is 0 Å². The highest BCUT2D eigenvalue weighted by Gasteiger charge is 2.69. The topological polar surface area (TPSA) is 159 Å². The molecule has 4 aliphatic rings. The number of ketones is 2. The Hall–Kier alpha value is -2.50. The summed E-state index contributed by atoms with van der Waals surface area (Å²) < 4.78 is 263. The third kappa shape index (κ3) is 8.87. The molecule has 1 saturated heterocycles. The molecule has 3 aliphatic carbocycles. The Kier molecular flexibility index (Phi) is 4.66. The van der Waals surface area contributed by atoms with Crippen LogP contribution in [-0.2, 0) is 29.0 Å². The van der Waals surface area contributed by atoms with Crippen LogP contribution in [0, 0.1) is 28.6 Å². The molecule has 0 spiro atoms. The molecule has 0 aromatic rings. The van der Waals surface area contributed by atoms with Crippen molar-refractivity contribution in [2.24, 2.45) is 28.6 Å². The smallest absolute Gasteiger partial charge is 0.315 e. The number of sulfone groups is 1. The first kappa shape index (κ1) is 16.0. The monoisotopic (exact) mass is 735 g/mol. The first-order chi connectivity index (χ1) is 33.5. The standard InChI is InChI=1S/C37H62N4O7S/c1-10-11-15-23(29(43)31(44)38-24-16-17-24)20-26(42)28-27-25(36(27,8)9)21-41(28)32(45)30(34(2,3)4)39-33(46)40-37(18-13-12-14-19-37)22-49(47,48)35(5,6)7/h23-25,27-28,30H,10-22H2,1-9H3,(H,38,44)(H2,39,40,46)/t23-,25+,27+,28-,30-/m1/s1/i1D3,2D3,3D3,4D3,10D2,11D2,12D2,13D2,14D2,15D2,18D2,19D2. The molecule has 0 radical (unpaired) electrons. The molecular formula is C37H62N4O7S. The van der Waals surface area contributed by atoms with E-state index in [-0.39, 0.29) is 4.90 Å². The molecule has 4 amide bonds. The van der Waals surface area contributed by atoms with Gasteiger partial charge in [-0.1, -0.05) is 73.1 Å². The van der Waals surface area contributed by atoms with E-state index in [0.29, 0.717) is 12.8 Å². The second-order valence-corrected chi connectivity index (χ2v) is 17.1. The molecule has 4 rings (SSSR count). The highest BCUT2D eigenvalue weighted by atomic mass is 32.2. The summed E-state index contributed by atoms with van der Waals surface area (Å²) in [6.45, 7) is -12.7. The van der Waals surface area contributed by atoms with Gasteiger partial charge < -0.3 is 20.9 Å². The number of Topliss-reactive ketones (excluding diaryl/α,β-unsaturated/α-hetero) is 2. The van der Waals surface area contributed by atoms with Crippen molar-refractivity contribution in [3.8, 4) is 0 Å². The minimum absolute atomic E-state index is 0.286. The molecule has 0 unspecified atom stereocenters.